The first kappa shape index (κ1) is 7.11. The van der Waals surface area contributed by atoms with Crippen LogP contribution < -0.4 is 0 Å². The van der Waals surface area contributed by atoms with Crippen molar-refractivity contribution in [3.63, 3.8) is 0 Å². The van der Waals surface area contributed by atoms with Gasteiger partial charge in [-0.1, -0.05) is 19.3 Å². The lowest BCUT2D eigenvalue weighted by Crippen LogP contribution is -2.13. The van der Waals surface area contributed by atoms with Gasteiger partial charge < -0.3 is 0 Å². The molecular weight excluding hydrogens is 148 g/mol. The second-order valence-corrected chi connectivity index (χ2v) is 5.02. The molecule has 1 nitrogen and oxygen atoms in total. The van der Waals surface area contributed by atoms with E-state index in [1.54, 1.807) is 0 Å². The molecule has 1 heteroatoms. The molecule has 0 heterocycles. The van der Waals surface area contributed by atoms with Crippen molar-refractivity contribution >= 4 is 5.78 Å². The second kappa shape index (κ2) is 1.94. The zero-order valence-electron chi connectivity index (χ0n) is 7.57. The summed E-state index contributed by atoms with van der Waals surface area (Å²) < 4.78 is 0. The van der Waals surface area contributed by atoms with E-state index in [0.29, 0.717) is 11.2 Å². The minimum atomic E-state index is 0.240. The molecule has 3 fully saturated rings. The summed E-state index contributed by atoms with van der Waals surface area (Å²) in [5.74, 6) is 0.615. The van der Waals surface area contributed by atoms with E-state index >= 15 is 0 Å². The number of hydrogen-bond acceptors (Lipinski definition) is 1. The van der Waals surface area contributed by atoms with E-state index in [0.717, 1.165) is 6.42 Å². The van der Waals surface area contributed by atoms with Crippen LogP contribution in [0.3, 0.4) is 0 Å². The molecule has 3 rings (SSSR count). The van der Waals surface area contributed by atoms with Crippen molar-refractivity contribution in [3.05, 3.63) is 0 Å². The second-order valence-electron chi connectivity index (χ2n) is 5.02. The van der Waals surface area contributed by atoms with Gasteiger partial charge in [0.25, 0.3) is 0 Å². The van der Waals surface area contributed by atoms with Gasteiger partial charge in [-0.15, -0.1) is 0 Å². The van der Waals surface area contributed by atoms with Crippen LogP contribution in [-0.2, 0) is 4.79 Å². The standard InChI is InChI=1S/C11H16O/c12-9-4-7-10-5-2-1-3-6-11(9,10)8-10/h1-8H2/t10-,11-/m0/s1. The van der Waals surface area contributed by atoms with E-state index < -0.39 is 0 Å². The van der Waals surface area contributed by atoms with E-state index in [9.17, 15) is 4.79 Å². The van der Waals surface area contributed by atoms with Crippen LogP contribution in [0.5, 0.6) is 0 Å². The minimum Gasteiger partial charge on any atom is -0.299 e. The van der Waals surface area contributed by atoms with Crippen LogP contribution in [0.2, 0.25) is 0 Å². The van der Waals surface area contributed by atoms with Gasteiger partial charge >= 0.3 is 0 Å². The van der Waals surface area contributed by atoms with Crippen molar-refractivity contribution in [2.45, 2.75) is 51.4 Å². The van der Waals surface area contributed by atoms with E-state index in [4.69, 9.17) is 0 Å². The summed E-state index contributed by atoms with van der Waals surface area (Å²) in [4.78, 5) is 11.7. The maximum absolute atomic E-state index is 11.7. The minimum absolute atomic E-state index is 0.240. The van der Waals surface area contributed by atoms with Crippen LogP contribution >= 0.6 is 0 Å². The van der Waals surface area contributed by atoms with Gasteiger partial charge in [0.15, 0.2) is 0 Å². The monoisotopic (exact) mass is 164 g/mol. The first-order chi connectivity index (χ1) is 5.79. The van der Waals surface area contributed by atoms with Crippen LogP contribution in [-0.4, -0.2) is 5.78 Å². The average Bonchev–Trinajstić information content (AvgIpc) is 2.64. The number of hydrogen-bond donors (Lipinski definition) is 0. The highest BCUT2D eigenvalue weighted by atomic mass is 16.1. The molecule has 3 aliphatic rings. The summed E-state index contributed by atoms with van der Waals surface area (Å²) >= 11 is 0. The highest BCUT2D eigenvalue weighted by molar-refractivity contribution is 5.92. The Morgan fingerprint density at radius 1 is 1.00 bits per heavy atom. The normalized spacial score (nSPS) is 51.2. The molecule has 0 radical (unpaired) electrons. The molecule has 0 saturated heterocycles. The third kappa shape index (κ3) is 0.605. The summed E-state index contributed by atoms with van der Waals surface area (Å²) in [6.07, 6.45) is 10.1. The Morgan fingerprint density at radius 3 is 2.75 bits per heavy atom. The van der Waals surface area contributed by atoms with Crippen LogP contribution in [0.25, 0.3) is 0 Å². The Balaban J connectivity index is 1.97. The Bertz CT molecular complexity index is 245. The summed E-state index contributed by atoms with van der Waals surface area (Å²) in [6.45, 7) is 0. The lowest BCUT2D eigenvalue weighted by Gasteiger charge is -2.11. The van der Waals surface area contributed by atoms with Gasteiger partial charge in [0.2, 0.25) is 0 Å². The number of rotatable bonds is 0. The number of carbonyl (C=O) groups is 1. The van der Waals surface area contributed by atoms with Crippen LogP contribution in [0, 0.1) is 10.8 Å². The molecule has 0 bridgehead atoms. The fraction of sp³-hybridized carbons (Fsp3) is 0.909. The molecule has 0 N–H and O–H groups in total. The molecule has 0 spiro atoms. The van der Waals surface area contributed by atoms with Gasteiger partial charge in [0.05, 0.1) is 0 Å². The maximum atomic E-state index is 11.7. The molecule has 0 aromatic rings. The third-order valence-corrected chi connectivity index (χ3v) is 4.65. The van der Waals surface area contributed by atoms with Crippen LogP contribution in [0.1, 0.15) is 51.4 Å². The maximum Gasteiger partial charge on any atom is 0.139 e. The Labute approximate surface area is 73.5 Å². The summed E-state index contributed by atoms with van der Waals surface area (Å²) in [7, 11) is 0. The molecule has 0 amide bonds. The third-order valence-electron chi connectivity index (χ3n) is 4.65. The molecule has 66 valence electrons. The molecule has 0 unspecified atom stereocenters. The van der Waals surface area contributed by atoms with Crippen molar-refractivity contribution in [3.8, 4) is 0 Å². The van der Waals surface area contributed by atoms with Gasteiger partial charge in [-0.3, -0.25) is 4.79 Å². The lowest BCUT2D eigenvalue weighted by atomic mass is 9.91. The summed E-state index contributed by atoms with van der Waals surface area (Å²) in [5.41, 5.74) is 0.782. The summed E-state index contributed by atoms with van der Waals surface area (Å²) in [5, 5.41) is 0. The van der Waals surface area contributed by atoms with Gasteiger partial charge in [0.1, 0.15) is 5.78 Å². The van der Waals surface area contributed by atoms with Crippen molar-refractivity contribution in [1.29, 1.82) is 0 Å². The van der Waals surface area contributed by atoms with Gasteiger partial charge in [-0.25, -0.2) is 0 Å². The summed E-state index contributed by atoms with van der Waals surface area (Å²) in [6, 6.07) is 0. The van der Waals surface area contributed by atoms with E-state index in [-0.39, 0.29) is 5.41 Å². The fourth-order valence-electron chi connectivity index (χ4n) is 3.86. The Morgan fingerprint density at radius 2 is 1.83 bits per heavy atom. The zero-order valence-corrected chi connectivity index (χ0v) is 7.57. The molecule has 0 aromatic carbocycles. The van der Waals surface area contributed by atoms with Crippen LogP contribution in [0.4, 0.5) is 0 Å². The highest BCUT2D eigenvalue weighted by Crippen LogP contribution is 2.76. The number of ketones is 1. The highest BCUT2D eigenvalue weighted by Gasteiger charge is 2.73. The predicted molar refractivity (Wildman–Crippen MR) is 46.8 cm³/mol. The molecule has 0 aromatic heterocycles. The van der Waals surface area contributed by atoms with Gasteiger partial charge in [-0.2, -0.15) is 0 Å². The fourth-order valence-corrected chi connectivity index (χ4v) is 3.86. The largest absolute Gasteiger partial charge is 0.299 e. The first-order valence-corrected chi connectivity index (χ1v) is 5.33. The Kier molecular flexibility index (Phi) is 1.15. The molecular formula is C11H16O. The smallest absolute Gasteiger partial charge is 0.139 e. The van der Waals surface area contributed by atoms with Crippen molar-refractivity contribution in [2.24, 2.45) is 10.8 Å². The van der Waals surface area contributed by atoms with E-state index in [2.05, 4.69) is 0 Å². The van der Waals surface area contributed by atoms with Gasteiger partial charge in [0, 0.05) is 11.8 Å². The quantitative estimate of drug-likeness (QED) is 0.538. The number of carbonyl (C=O) groups excluding carboxylic acids is 1. The number of Topliss-reactive ketones (excluding diaryl/α,β-unsaturated/α-hetero) is 1. The topological polar surface area (TPSA) is 17.1 Å². The zero-order chi connectivity index (χ0) is 8.23. The molecule has 3 aliphatic carbocycles. The van der Waals surface area contributed by atoms with Crippen molar-refractivity contribution in [1.82, 2.24) is 0 Å². The van der Waals surface area contributed by atoms with Crippen molar-refractivity contribution < 1.29 is 4.79 Å². The molecule has 3 saturated carbocycles. The molecule has 12 heavy (non-hydrogen) atoms. The predicted octanol–water partition coefficient (Wildman–Crippen LogP) is 2.69. The molecule has 2 atom stereocenters. The van der Waals surface area contributed by atoms with Gasteiger partial charge in [-0.05, 0) is 31.1 Å². The SMILES string of the molecule is O=C1CC[C@]23CCCCC[C@]12C3. The average molecular weight is 164 g/mol. The van der Waals surface area contributed by atoms with E-state index in [1.165, 1.54) is 44.9 Å². The van der Waals surface area contributed by atoms with E-state index in [1.807, 2.05) is 0 Å². The van der Waals surface area contributed by atoms with Crippen molar-refractivity contribution in [2.75, 3.05) is 0 Å². The Hall–Kier alpha value is -0.330. The molecule has 0 aliphatic heterocycles. The lowest BCUT2D eigenvalue weighted by molar-refractivity contribution is -0.123. The van der Waals surface area contributed by atoms with Crippen LogP contribution in [0.15, 0.2) is 0 Å². The first-order valence-electron chi connectivity index (χ1n) is 5.33.